The second kappa shape index (κ2) is 7.05. The predicted octanol–water partition coefficient (Wildman–Crippen LogP) is -0.657. The van der Waals surface area contributed by atoms with E-state index in [9.17, 15) is 4.79 Å². The molecule has 0 spiro atoms. The number of carbonyl (C=O) groups is 1. The van der Waals surface area contributed by atoms with Gasteiger partial charge in [-0.25, -0.2) is 0 Å². The third-order valence-corrected chi connectivity index (χ3v) is 5.06. The number of hydrogen-bond acceptors (Lipinski definition) is 5. The van der Waals surface area contributed by atoms with E-state index in [-0.39, 0.29) is 5.91 Å². The van der Waals surface area contributed by atoms with Gasteiger partial charge in [-0.1, -0.05) is 0 Å². The van der Waals surface area contributed by atoms with E-state index in [1.54, 1.807) is 0 Å². The lowest BCUT2D eigenvalue weighted by atomic mass is 10.0. The fraction of sp³-hybridized carbons (Fsp3) is 0.933. The zero-order valence-corrected chi connectivity index (χ0v) is 12.9. The summed E-state index contributed by atoms with van der Waals surface area (Å²) in [5.74, 6) is 0.264. The Kier molecular flexibility index (Phi) is 5.11. The molecule has 21 heavy (non-hydrogen) atoms. The summed E-state index contributed by atoms with van der Waals surface area (Å²) in [7, 11) is 0. The lowest BCUT2D eigenvalue weighted by Crippen LogP contribution is -2.47. The zero-order chi connectivity index (χ0) is 14.7. The molecule has 0 radical (unpaired) electrons. The van der Waals surface area contributed by atoms with Gasteiger partial charge in [-0.2, -0.15) is 0 Å². The van der Waals surface area contributed by atoms with Crippen molar-refractivity contribution in [1.29, 1.82) is 0 Å². The van der Waals surface area contributed by atoms with Crippen molar-refractivity contribution in [3.8, 4) is 0 Å². The van der Waals surface area contributed by atoms with Crippen LogP contribution in [0.3, 0.4) is 0 Å². The van der Waals surface area contributed by atoms with Gasteiger partial charge in [0.05, 0.1) is 19.8 Å². The highest BCUT2D eigenvalue weighted by atomic mass is 16.5. The number of hydrogen-bond donors (Lipinski definition) is 1. The summed E-state index contributed by atoms with van der Waals surface area (Å²) in [5, 5.41) is 0. The van der Waals surface area contributed by atoms with Gasteiger partial charge in [0.2, 0.25) is 5.91 Å². The van der Waals surface area contributed by atoms with Gasteiger partial charge in [0, 0.05) is 38.3 Å². The Hall–Kier alpha value is -0.690. The van der Waals surface area contributed by atoms with Crippen LogP contribution in [0.1, 0.15) is 19.3 Å². The Balaban J connectivity index is 1.43. The standard InChI is InChI=1S/C15H28N4O2/c16-13-1-5-18(6-2-13)14-3-4-17(11-14)12-15(20)19-7-9-21-10-8-19/h13-14H,1-12,16H2. The lowest BCUT2D eigenvalue weighted by molar-refractivity contribution is -0.136. The molecule has 3 aliphatic heterocycles. The summed E-state index contributed by atoms with van der Waals surface area (Å²) in [4.78, 5) is 19.1. The van der Waals surface area contributed by atoms with Crippen LogP contribution < -0.4 is 5.73 Å². The quantitative estimate of drug-likeness (QED) is 0.749. The third kappa shape index (κ3) is 3.94. The van der Waals surface area contributed by atoms with E-state index < -0.39 is 0 Å². The summed E-state index contributed by atoms with van der Waals surface area (Å²) >= 11 is 0. The third-order valence-electron chi connectivity index (χ3n) is 5.06. The van der Waals surface area contributed by atoms with Gasteiger partial charge in [-0.05, 0) is 32.4 Å². The van der Waals surface area contributed by atoms with Crippen molar-refractivity contribution in [2.45, 2.75) is 31.3 Å². The van der Waals surface area contributed by atoms with Gasteiger partial charge in [0.25, 0.3) is 0 Å². The molecule has 3 aliphatic rings. The maximum Gasteiger partial charge on any atom is 0.236 e. The summed E-state index contributed by atoms with van der Waals surface area (Å²) in [5.41, 5.74) is 5.97. The Labute approximate surface area is 127 Å². The fourth-order valence-electron chi connectivity index (χ4n) is 3.64. The van der Waals surface area contributed by atoms with E-state index in [1.165, 1.54) is 6.42 Å². The molecule has 1 amide bonds. The number of amides is 1. The smallest absolute Gasteiger partial charge is 0.236 e. The average Bonchev–Trinajstić information content (AvgIpc) is 2.97. The normalized spacial score (nSPS) is 30.0. The van der Waals surface area contributed by atoms with E-state index in [1.807, 2.05) is 4.90 Å². The molecule has 6 nitrogen and oxygen atoms in total. The molecule has 0 saturated carbocycles. The van der Waals surface area contributed by atoms with Crippen molar-refractivity contribution in [2.24, 2.45) is 5.73 Å². The monoisotopic (exact) mass is 296 g/mol. The largest absolute Gasteiger partial charge is 0.378 e. The molecule has 120 valence electrons. The SMILES string of the molecule is NC1CCN(C2CCN(CC(=O)N3CCOCC3)C2)CC1. The first-order valence-corrected chi connectivity index (χ1v) is 8.30. The van der Waals surface area contributed by atoms with Crippen LogP contribution in [0.5, 0.6) is 0 Å². The van der Waals surface area contributed by atoms with Gasteiger partial charge < -0.3 is 15.4 Å². The fourth-order valence-corrected chi connectivity index (χ4v) is 3.64. The van der Waals surface area contributed by atoms with Crippen LogP contribution in [0.15, 0.2) is 0 Å². The van der Waals surface area contributed by atoms with Crippen LogP contribution in [0.25, 0.3) is 0 Å². The maximum atomic E-state index is 12.3. The van der Waals surface area contributed by atoms with Gasteiger partial charge in [-0.3, -0.25) is 14.6 Å². The first-order chi connectivity index (χ1) is 10.2. The Morgan fingerprint density at radius 1 is 1.05 bits per heavy atom. The second-order valence-corrected chi connectivity index (χ2v) is 6.54. The maximum absolute atomic E-state index is 12.3. The van der Waals surface area contributed by atoms with Gasteiger partial charge >= 0.3 is 0 Å². The highest BCUT2D eigenvalue weighted by Crippen LogP contribution is 2.20. The molecule has 0 bridgehead atoms. The van der Waals surface area contributed by atoms with E-state index in [0.29, 0.717) is 31.8 Å². The molecule has 1 atom stereocenters. The lowest BCUT2D eigenvalue weighted by Gasteiger charge is -2.35. The topological polar surface area (TPSA) is 62.0 Å². The summed E-state index contributed by atoms with van der Waals surface area (Å²) in [6, 6.07) is 1.01. The number of nitrogens with zero attached hydrogens (tertiary/aromatic N) is 3. The molecule has 0 aliphatic carbocycles. The highest BCUT2D eigenvalue weighted by molar-refractivity contribution is 5.78. The number of piperidine rings is 1. The Morgan fingerprint density at radius 2 is 1.76 bits per heavy atom. The van der Waals surface area contributed by atoms with Crippen molar-refractivity contribution >= 4 is 5.91 Å². The van der Waals surface area contributed by atoms with Crippen molar-refractivity contribution in [3.63, 3.8) is 0 Å². The molecule has 6 heteroatoms. The molecular weight excluding hydrogens is 268 g/mol. The highest BCUT2D eigenvalue weighted by Gasteiger charge is 2.31. The van der Waals surface area contributed by atoms with E-state index in [0.717, 1.165) is 52.1 Å². The van der Waals surface area contributed by atoms with Crippen molar-refractivity contribution in [2.75, 3.05) is 59.0 Å². The molecule has 3 saturated heterocycles. The molecule has 3 rings (SSSR count). The number of rotatable bonds is 3. The molecule has 0 aromatic rings. The molecule has 0 aromatic heterocycles. The van der Waals surface area contributed by atoms with Crippen molar-refractivity contribution < 1.29 is 9.53 Å². The predicted molar refractivity (Wildman–Crippen MR) is 81.0 cm³/mol. The van der Waals surface area contributed by atoms with Crippen LogP contribution >= 0.6 is 0 Å². The van der Waals surface area contributed by atoms with Crippen molar-refractivity contribution in [3.05, 3.63) is 0 Å². The van der Waals surface area contributed by atoms with Crippen LogP contribution in [0.4, 0.5) is 0 Å². The molecule has 2 N–H and O–H groups in total. The zero-order valence-electron chi connectivity index (χ0n) is 12.9. The van der Waals surface area contributed by atoms with Crippen LogP contribution in [0, 0.1) is 0 Å². The van der Waals surface area contributed by atoms with E-state index in [4.69, 9.17) is 10.5 Å². The minimum absolute atomic E-state index is 0.264. The molecular formula is C15H28N4O2. The number of carbonyl (C=O) groups excluding carboxylic acids is 1. The van der Waals surface area contributed by atoms with Crippen LogP contribution in [-0.2, 0) is 9.53 Å². The average molecular weight is 296 g/mol. The number of nitrogens with two attached hydrogens (primary N) is 1. The first kappa shape index (κ1) is 15.2. The summed E-state index contributed by atoms with van der Waals surface area (Å²) < 4.78 is 5.30. The van der Waals surface area contributed by atoms with Crippen LogP contribution in [-0.4, -0.2) is 91.7 Å². The minimum Gasteiger partial charge on any atom is -0.378 e. The second-order valence-electron chi connectivity index (χ2n) is 6.54. The van der Waals surface area contributed by atoms with E-state index in [2.05, 4.69) is 9.80 Å². The van der Waals surface area contributed by atoms with Crippen molar-refractivity contribution in [1.82, 2.24) is 14.7 Å². The van der Waals surface area contributed by atoms with Gasteiger partial charge in [0.15, 0.2) is 0 Å². The molecule has 3 fully saturated rings. The van der Waals surface area contributed by atoms with E-state index >= 15 is 0 Å². The Morgan fingerprint density at radius 3 is 2.48 bits per heavy atom. The number of likely N-dealkylation sites (tertiary alicyclic amines) is 2. The van der Waals surface area contributed by atoms with Gasteiger partial charge in [0.1, 0.15) is 0 Å². The van der Waals surface area contributed by atoms with Crippen LogP contribution in [0.2, 0.25) is 0 Å². The Bertz CT molecular complexity index is 352. The summed E-state index contributed by atoms with van der Waals surface area (Å²) in [6.45, 7) is 7.76. The minimum atomic E-state index is 0.264. The molecule has 0 aromatic carbocycles. The first-order valence-electron chi connectivity index (χ1n) is 8.30. The number of ether oxygens (including phenoxy) is 1. The molecule has 1 unspecified atom stereocenters. The summed E-state index contributed by atoms with van der Waals surface area (Å²) in [6.07, 6.45) is 3.41. The molecule has 3 heterocycles. The number of morpholine rings is 1. The van der Waals surface area contributed by atoms with Gasteiger partial charge in [-0.15, -0.1) is 0 Å².